The van der Waals surface area contributed by atoms with Crippen LogP contribution in [-0.4, -0.2) is 18.4 Å². The largest absolute Gasteiger partial charge is 0.361 e. The van der Waals surface area contributed by atoms with Crippen molar-refractivity contribution in [3.05, 3.63) is 59.8 Å². The highest BCUT2D eigenvalue weighted by Crippen LogP contribution is 2.38. The average Bonchev–Trinajstić information content (AvgIpc) is 3.15. The molecule has 27 heavy (non-hydrogen) atoms. The van der Waals surface area contributed by atoms with E-state index in [4.69, 9.17) is 10.1 Å². The summed E-state index contributed by atoms with van der Waals surface area (Å²) in [6.45, 7) is 0. The van der Waals surface area contributed by atoms with Crippen molar-refractivity contribution in [2.45, 2.75) is 30.6 Å². The third kappa shape index (κ3) is 2.64. The first-order chi connectivity index (χ1) is 13.0. The molecule has 2 aromatic carbocycles. The van der Waals surface area contributed by atoms with Gasteiger partial charge in [0.1, 0.15) is 0 Å². The Morgan fingerprint density at radius 2 is 1.67 bits per heavy atom. The van der Waals surface area contributed by atoms with Crippen LogP contribution in [0.1, 0.15) is 24.0 Å². The van der Waals surface area contributed by atoms with Crippen molar-refractivity contribution in [1.82, 2.24) is 9.97 Å². The van der Waals surface area contributed by atoms with Gasteiger partial charge in [0, 0.05) is 28.0 Å². The third-order valence-corrected chi connectivity index (χ3v) is 6.39. The van der Waals surface area contributed by atoms with Gasteiger partial charge in [0.2, 0.25) is 10.0 Å². The molecule has 0 spiro atoms. The number of nitrogens with one attached hydrogen (secondary N) is 1. The van der Waals surface area contributed by atoms with Crippen LogP contribution in [0.3, 0.4) is 0 Å². The van der Waals surface area contributed by atoms with Crippen molar-refractivity contribution in [3.63, 3.8) is 0 Å². The Balaban J connectivity index is 1.79. The molecule has 1 aliphatic rings. The summed E-state index contributed by atoms with van der Waals surface area (Å²) in [6, 6.07) is 13.0. The maximum atomic E-state index is 11.5. The van der Waals surface area contributed by atoms with Gasteiger partial charge in [-0.1, -0.05) is 12.1 Å². The number of nitrogens with two attached hydrogens (primary N) is 1. The lowest BCUT2D eigenvalue weighted by Gasteiger charge is -2.22. The van der Waals surface area contributed by atoms with Gasteiger partial charge in [-0.15, -0.1) is 0 Å². The Morgan fingerprint density at radius 1 is 0.926 bits per heavy atom. The van der Waals surface area contributed by atoms with E-state index >= 15 is 0 Å². The minimum absolute atomic E-state index is 0.120. The zero-order valence-electron chi connectivity index (χ0n) is 14.7. The quantitative estimate of drug-likeness (QED) is 0.555. The summed E-state index contributed by atoms with van der Waals surface area (Å²) < 4.78 is 23.1. The molecular weight excluding hydrogens is 358 g/mol. The third-order valence-electron chi connectivity index (χ3n) is 5.46. The predicted octanol–water partition coefficient (Wildman–Crippen LogP) is 3.91. The second-order valence-electron chi connectivity index (χ2n) is 7.09. The monoisotopic (exact) mass is 377 g/mol. The summed E-state index contributed by atoms with van der Waals surface area (Å²) in [7, 11) is -3.70. The first-order valence-corrected chi connectivity index (χ1v) is 10.6. The SMILES string of the molecule is NS(=O)(=O)c1ccc(-c2nc3ccc4[nH]ccc4c3c3c2CCCC3)cc1. The summed E-state index contributed by atoms with van der Waals surface area (Å²) >= 11 is 0. The maximum Gasteiger partial charge on any atom is 0.238 e. The summed E-state index contributed by atoms with van der Waals surface area (Å²) in [4.78, 5) is 8.39. The molecule has 0 saturated heterocycles. The smallest absolute Gasteiger partial charge is 0.238 e. The topological polar surface area (TPSA) is 88.8 Å². The number of aryl methyl sites for hydroxylation is 1. The molecule has 5 nitrogen and oxygen atoms in total. The highest BCUT2D eigenvalue weighted by Gasteiger charge is 2.21. The fourth-order valence-corrected chi connectivity index (χ4v) is 4.72. The normalized spacial score (nSPS) is 14.6. The number of hydrogen-bond acceptors (Lipinski definition) is 3. The van der Waals surface area contributed by atoms with Crippen molar-refractivity contribution < 1.29 is 8.42 Å². The van der Waals surface area contributed by atoms with Crippen molar-refractivity contribution in [1.29, 1.82) is 0 Å². The van der Waals surface area contributed by atoms with Crippen LogP contribution >= 0.6 is 0 Å². The fraction of sp³-hybridized carbons (Fsp3) is 0.190. The van der Waals surface area contributed by atoms with Gasteiger partial charge in [-0.2, -0.15) is 0 Å². The number of fused-ring (bicyclic) bond motifs is 5. The number of rotatable bonds is 2. The molecule has 6 heteroatoms. The molecular formula is C21H19N3O2S. The Labute approximate surface area is 157 Å². The lowest BCUT2D eigenvalue weighted by atomic mass is 9.85. The molecule has 2 aromatic heterocycles. The van der Waals surface area contributed by atoms with E-state index in [2.05, 4.69) is 23.2 Å². The van der Waals surface area contributed by atoms with Gasteiger partial charge >= 0.3 is 0 Å². The number of aromatic nitrogens is 2. The number of H-pyrrole nitrogens is 1. The van der Waals surface area contributed by atoms with Gasteiger partial charge < -0.3 is 4.98 Å². The van der Waals surface area contributed by atoms with Crippen LogP contribution in [-0.2, 0) is 22.9 Å². The molecule has 3 N–H and O–H groups in total. The minimum atomic E-state index is -3.70. The highest BCUT2D eigenvalue weighted by molar-refractivity contribution is 7.89. The molecule has 4 aromatic rings. The van der Waals surface area contributed by atoms with Crippen molar-refractivity contribution in [2.75, 3.05) is 0 Å². The predicted molar refractivity (Wildman–Crippen MR) is 107 cm³/mol. The average molecular weight is 377 g/mol. The molecule has 5 rings (SSSR count). The number of sulfonamides is 1. The molecule has 0 amide bonds. The van der Waals surface area contributed by atoms with E-state index in [0.29, 0.717) is 0 Å². The molecule has 0 fully saturated rings. The number of benzene rings is 2. The molecule has 0 aliphatic heterocycles. The van der Waals surface area contributed by atoms with Crippen molar-refractivity contribution in [2.24, 2.45) is 5.14 Å². The van der Waals surface area contributed by atoms with Gasteiger partial charge in [0.15, 0.2) is 0 Å². The second kappa shape index (κ2) is 5.90. The van der Waals surface area contributed by atoms with Gasteiger partial charge in [-0.3, -0.25) is 0 Å². The van der Waals surface area contributed by atoms with Crippen LogP contribution in [0.4, 0.5) is 0 Å². The zero-order chi connectivity index (χ0) is 18.6. The number of pyridine rings is 1. The summed E-state index contributed by atoms with van der Waals surface area (Å²) in [6.07, 6.45) is 6.33. The van der Waals surface area contributed by atoms with E-state index in [1.165, 1.54) is 28.3 Å². The van der Waals surface area contributed by atoms with Crippen LogP contribution in [0.25, 0.3) is 33.1 Å². The number of nitrogens with zero attached hydrogens (tertiary/aromatic N) is 1. The van der Waals surface area contributed by atoms with Gasteiger partial charge in [0.25, 0.3) is 0 Å². The summed E-state index contributed by atoms with van der Waals surface area (Å²) in [5.74, 6) is 0. The van der Waals surface area contributed by atoms with Crippen LogP contribution in [0.2, 0.25) is 0 Å². The van der Waals surface area contributed by atoms with Gasteiger partial charge in [0.05, 0.1) is 16.1 Å². The fourth-order valence-electron chi connectivity index (χ4n) is 4.20. The first kappa shape index (κ1) is 16.5. The Bertz CT molecular complexity index is 1290. The standard InChI is InChI=1S/C21H19N3O2S/c22-27(25,26)14-7-5-13(6-8-14)21-16-4-2-1-3-15(16)20-17-11-12-23-18(17)9-10-19(20)24-21/h5-12,23H,1-4H2,(H2,22,25,26). The molecule has 136 valence electrons. The summed E-state index contributed by atoms with van der Waals surface area (Å²) in [5, 5.41) is 7.69. The van der Waals surface area contributed by atoms with Crippen molar-refractivity contribution in [3.8, 4) is 11.3 Å². The van der Waals surface area contributed by atoms with E-state index in [1.54, 1.807) is 24.3 Å². The lowest BCUT2D eigenvalue weighted by molar-refractivity contribution is 0.598. The second-order valence-corrected chi connectivity index (χ2v) is 8.65. The van der Waals surface area contributed by atoms with Crippen LogP contribution in [0.15, 0.2) is 53.6 Å². The van der Waals surface area contributed by atoms with E-state index in [0.717, 1.165) is 41.6 Å². The van der Waals surface area contributed by atoms with Crippen LogP contribution in [0, 0.1) is 0 Å². The Kier molecular flexibility index (Phi) is 3.60. The molecule has 2 heterocycles. The van der Waals surface area contributed by atoms with E-state index in [9.17, 15) is 8.42 Å². The zero-order valence-corrected chi connectivity index (χ0v) is 15.5. The number of hydrogen-bond donors (Lipinski definition) is 2. The number of aromatic amines is 1. The molecule has 0 saturated carbocycles. The maximum absolute atomic E-state index is 11.5. The lowest BCUT2D eigenvalue weighted by Crippen LogP contribution is -2.12. The molecule has 0 bridgehead atoms. The van der Waals surface area contributed by atoms with E-state index in [-0.39, 0.29) is 4.90 Å². The van der Waals surface area contributed by atoms with Crippen LogP contribution < -0.4 is 5.14 Å². The molecule has 0 unspecified atom stereocenters. The molecule has 0 radical (unpaired) electrons. The van der Waals surface area contributed by atoms with Gasteiger partial charge in [-0.05, 0) is 67.1 Å². The molecule has 0 atom stereocenters. The van der Waals surface area contributed by atoms with Gasteiger partial charge in [-0.25, -0.2) is 18.5 Å². The van der Waals surface area contributed by atoms with Crippen molar-refractivity contribution >= 4 is 31.8 Å². The minimum Gasteiger partial charge on any atom is -0.361 e. The Hall–Kier alpha value is -2.70. The Morgan fingerprint density at radius 3 is 2.41 bits per heavy atom. The first-order valence-electron chi connectivity index (χ1n) is 9.07. The van der Waals surface area contributed by atoms with E-state index in [1.807, 2.05) is 6.20 Å². The number of primary sulfonamides is 1. The highest BCUT2D eigenvalue weighted by atomic mass is 32.2. The molecule has 1 aliphatic carbocycles. The summed E-state index contributed by atoms with van der Waals surface area (Å²) in [5.41, 5.74) is 6.65. The van der Waals surface area contributed by atoms with E-state index < -0.39 is 10.0 Å². The van der Waals surface area contributed by atoms with Crippen LogP contribution in [0.5, 0.6) is 0 Å².